The Morgan fingerprint density at radius 3 is 1.36 bits per heavy atom. The van der Waals surface area contributed by atoms with Gasteiger partial charge in [-0.05, 0) is 57.6 Å². The summed E-state index contributed by atoms with van der Waals surface area (Å²) in [5, 5.41) is 0.199. The van der Waals surface area contributed by atoms with E-state index in [1.165, 1.54) is 6.07 Å². The van der Waals surface area contributed by atoms with Gasteiger partial charge in [-0.15, -0.1) is 0 Å². The van der Waals surface area contributed by atoms with E-state index in [0.717, 1.165) is 33.4 Å². The fourth-order valence-electron chi connectivity index (χ4n) is 8.71. The van der Waals surface area contributed by atoms with Crippen molar-refractivity contribution in [2.45, 2.75) is 70.3 Å². The lowest BCUT2D eigenvalue weighted by Crippen LogP contribution is -2.62. The van der Waals surface area contributed by atoms with Crippen molar-refractivity contribution < 1.29 is 42.3 Å². The van der Waals surface area contributed by atoms with E-state index in [-0.39, 0.29) is 55.2 Å². The molecule has 0 unspecified atom stereocenters. The molecule has 0 radical (unpaired) electrons. The quantitative estimate of drug-likeness (QED) is 0.0652. The molecule has 0 aliphatic carbocycles. The van der Waals surface area contributed by atoms with Crippen LogP contribution in [0.1, 0.15) is 33.4 Å². The summed E-state index contributed by atoms with van der Waals surface area (Å²) in [6.07, 6.45) is -4.29. The van der Waals surface area contributed by atoms with E-state index in [0.29, 0.717) is 36.0 Å². The second-order valence-corrected chi connectivity index (χ2v) is 17.8. The highest BCUT2D eigenvalue weighted by atomic mass is 16.7. The van der Waals surface area contributed by atoms with Crippen LogP contribution in [0.2, 0.25) is 0 Å². The van der Waals surface area contributed by atoms with E-state index in [1.807, 2.05) is 206 Å². The number of ether oxygens (including phenoxy) is 8. The SMILES string of the molecule is O=c1cc(-c2ccc(OCc3ccccc3)cc2)oc2cc(OCc3ccccc3)cc(O[C@@H]3O[C@H](COCc4ccccc4)[C@@H](OCc4ccccc4)[C@H](OCc4ccccc4)[C@H]3OCc3ccccc3)c12. The van der Waals surface area contributed by atoms with Crippen molar-refractivity contribution in [2.75, 3.05) is 6.61 Å². The van der Waals surface area contributed by atoms with Crippen LogP contribution in [0.5, 0.6) is 17.2 Å². The molecule has 1 fully saturated rings. The van der Waals surface area contributed by atoms with Crippen LogP contribution in [-0.4, -0.2) is 37.3 Å². The minimum absolute atomic E-state index is 0.118. The second kappa shape index (κ2) is 24.5. The predicted molar refractivity (Wildman–Crippen MR) is 280 cm³/mol. The average Bonchev–Trinajstić information content (AvgIpc) is 3.44. The van der Waals surface area contributed by atoms with Crippen molar-refractivity contribution in [2.24, 2.45) is 0 Å². The standard InChI is InChI=1S/C63H56O10/c64-54-37-55(51-31-33-52(34-32-51)66-39-46-21-9-2-10-22-46)71-56-35-53(67-40-47-23-11-3-12-24-47)36-57(59(54)56)72-63-62(70-43-50-29-17-6-18-30-50)61(69-42-49-27-15-5-16-28-49)60(68-41-48-25-13-4-14-26-48)58(73-63)44-65-38-45-19-7-1-8-20-45/h1-37,58,60-63H,38-44H2/t58-,60-,61+,62-,63-/m1/s1. The van der Waals surface area contributed by atoms with Gasteiger partial charge >= 0.3 is 0 Å². The van der Waals surface area contributed by atoms with Crippen LogP contribution in [0.15, 0.2) is 234 Å². The van der Waals surface area contributed by atoms with Crippen LogP contribution in [0.3, 0.4) is 0 Å². The van der Waals surface area contributed by atoms with E-state index in [2.05, 4.69) is 0 Å². The van der Waals surface area contributed by atoms with Crippen LogP contribution in [-0.2, 0) is 63.3 Å². The minimum Gasteiger partial charge on any atom is -0.489 e. The summed E-state index contributed by atoms with van der Waals surface area (Å²) >= 11 is 0. The number of benzene rings is 8. The molecule has 0 amide bonds. The summed E-state index contributed by atoms with van der Waals surface area (Å²) in [4.78, 5) is 14.6. The Labute approximate surface area is 425 Å². The van der Waals surface area contributed by atoms with E-state index >= 15 is 0 Å². The molecule has 1 saturated heterocycles. The topological polar surface area (TPSA) is 104 Å². The molecule has 368 valence electrons. The summed E-state index contributed by atoms with van der Waals surface area (Å²) < 4.78 is 60.5. The van der Waals surface area contributed by atoms with E-state index in [9.17, 15) is 4.79 Å². The Hall–Kier alpha value is -7.83. The highest BCUT2D eigenvalue weighted by Crippen LogP contribution is 2.37. The van der Waals surface area contributed by atoms with Crippen LogP contribution < -0.4 is 19.6 Å². The van der Waals surface area contributed by atoms with Gasteiger partial charge in [-0.1, -0.05) is 182 Å². The first kappa shape index (κ1) is 48.8. The highest BCUT2D eigenvalue weighted by molar-refractivity contribution is 5.86. The molecule has 10 rings (SSSR count). The van der Waals surface area contributed by atoms with Gasteiger partial charge in [0.25, 0.3) is 0 Å². The molecule has 0 bridgehead atoms. The molecular formula is C63H56O10. The fraction of sp³-hybridized carbons (Fsp3) is 0.190. The van der Waals surface area contributed by atoms with Gasteiger partial charge in [0.2, 0.25) is 6.29 Å². The fourth-order valence-corrected chi connectivity index (χ4v) is 8.71. The lowest BCUT2D eigenvalue weighted by Gasteiger charge is -2.45. The zero-order valence-corrected chi connectivity index (χ0v) is 40.3. The van der Waals surface area contributed by atoms with Gasteiger partial charge in [0.05, 0.1) is 33.0 Å². The van der Waals surface area contributed by atoms with Crippen molar-refractivity contribution in [1.82, 2.24) is 0 Å². The lowest BCUT2D eigenvalue weighted by molar-refractivity contribution is -0.309. The molecule has 10 heteroatoms. The molecule has 1 aliphatic rings. The van der Waals surface area contributed by atoms with Gasteiger partial charge in [-0.3, -0.25) is 4.79 Å². The number of hydrogen-bond acceptors (Lipinski definition) is 10. The predicted octanol–water partition coefficient (Wildman–Crippen LogP) is 12.7. The molecule has 73 heavy (non-hydrogen) atoms. The lowest BCUT2D eigenvalue weighted by atomic mass is 9.97. The molecule has 1 aliphatic heterocycles. The molecule has 0 spiro atoms. The zero-order chi connectivity index (χ0) is 49.4. The van der Waals surface area contributed by atoms with Gasteiger partial charge < -0.3 is 42.3 Å². The Morgan fingerprint density at radius 1 is 0.411 bits per heavy atom. The van der Waals surface area contributed by atoms with Crippen LogP contribution in [0, 0.1) is 0 Å². The van der Waals surface area contributed by atoms with Crippen LogP contribution in [0.25, 0.3) is 22.3 Å². The Balaban J connectivity index is 1.03. The molecule has 8 aromatic carbocycles. The number of rotatable bonds is 22. The van der Waals surface area contributed by atoms with Gasteiger partial charge in [0.15, 0.2) is 5.43 Å². The maximum Gasteiger partial charge on any atom is 0.229 e. The van der Waals surface area contributed by atoms with Crippen LogP contribution in [0.4, 0.5) is 0 Å². The molecular weight excluding hydrogens is 917 g/mol. The Bertz CT molecular complexity index is 3140. The van der Waals surface area contributed by atoms with Crippen molar-refractivity contribution in [1.29, 1.82) is 0 Å². The van der Waals surface area contributed by atoms with Gasteiger partial charge in [-0.2, -0.15) is 0 Å². The first-order valence-electron chi connectivity index (χ1n) is 24.5. The van der Waals surface area contributed by atoms with E-state index in [1.54, 1.807) is 12.1 Å². The Kier molecular flexibility index (Phi) is 16.4. The average molecular weight is 973 g/mol. The molecule has 5 atom stereocenters. The number of fused-ring (bicyclic) bond motifs is 1. The summed E-state index contributed by atoms with van der Waals surface area (Å²) in [5.74, 6) is 1.64. The molecule has 0 saturated carbocycles. The van der Waals surface area contributed by atoms with Crippen molar-refractivity contribution >= 4 is 11.0 Å². The maximum absolute atomic E-state index is 14.6. The molecule has 2 heterocycles. The summed E-state index contributed by atoms with van der Waals surface area (Å²) in [6, 6.07) is 72.0. The van der Waals surface area contributed by atoms with Gasteiger partial charge in [0.1, 0.15) is 71.6 Å². The highest BCUT2D eigenvalue weighted by Gasteiger charge is 2.50. The van der Waals surface area contributed by atoms with Crippen molar-refractivity contribution in [3.8, 4) is 28.6 Å². The normalized spacial score (nSPS) is 17.5. The van der Waals surface area contributed by atoms with Gasteiger partial charge in [-0.25, -0.2) is 0 Å². The third-order valence-corrected chi connectivity index (χ3v) is 12.5. The largest absolute Gasteiger partial charge is 0.489 e. The number of hydrogen-bond donors (Lipinski definition) is 0. The summed E-state index contributed by atoms with van der Waals surface area (Å²) in [6.45, 7) is 1.83. The molecule has 9 aromatic rings. The summed E-state index contributed by atoms with van der Waals surface area (Å²) in [7, 11) is 0. The van der Waals surface area contributed by atoms with Crippen LogP contribution >= 0.6 is 0 Å². The molecule has 10 nitrogen and oxygen atoms in total. The molecule has 1 aromatic heterocycles. The minimum atomic E-state index is -1.17. The summed E-state index contributed by atoms with van der Waals surface area (Å²) in [5.41, 5.74) is 6.51. The Morgan fingerprint density at radius 2 is 0.849 bits per heavy atom. The third kappa shape index (κ3) is 13.2. The first-order chi connectivity index (χ1) is 36.1. The monoisotopic (exact) mass is 972 g/mol. The first-order valence-corrected chi connectivity index (χ1v) is 24.5. The van der Waals surface area contributed by atoms with Crippen molar-refractivity contribution in [3.05, 3.63) is 268 Å². The second-order valence-electron chi connectivity index (χ2n) is 17.8. The zero-order valence-electron chi connectivity index (χ0n) is 40.3. The maximum atomic E-state index is 14.6. The molecule has 0 N–H and O–H groups in total. The van der Waals surface area contributed by atoms with E-state index < -0.39 is 30.7 Å². The smallest absolute Gasteiger partial charge is 0.229 e. The van der Waals surface area contributed by atoms with Gasteiger partial charge in [0, 0.05) is 23.8 Å². The van der Waals surface area contributed by atoms with Crippen molar-refractivity contribution in [3.63, 3.8) is 0 Å². The third-order valence-electron chi connectivity index (χ3n) is 12.5. The van der Waals surface area contributed by atoms with E-state index in [4.69, 9.17) is 42.3 Å².